The number of nitrogens with one attached hydrogen (secondary N) is 2. The maximum atomic E-state index is 12.5. The molecule has 0 unspecified atom stereocenters. The molecule has 0 atom stereocenters. The number of hydrogen-bond donors (Lipinski definition) is 2. The Kier molecular flexibility index (Phi) is 7.86. The van der Waals surface area contributed by atoms with E-state index in [1.165, 1.54) is 6.08 Å². The van der Waals surface area contributed by atoms with Crippen LogP contribution in [0.15, 0.2) is 84.0 Å². The summed E-state index contributed by atoms with van der Waals surface area (Å²) < 4.78 is 16.1. The van der Waals surface area contributed by atoms with Crippen LogP contribution >= 0.6 is 0 Å². The molecule has 7 nitrogen and oxygen atoms in total. The summed E-state index contributed by atoms with van der Waals surface area (Å²) in [6.07, 6.45) is 6.22. The molecule has 7 heteroatoms. The Bertz CT molecular complexity index is 1100. The van der Waals surface area contributed by atoms with Crippen molar-refractivity contribution in [2.24, 2.45) is 0 Å². The topological polar surface area (TPSA) is 89.8 Å². The van der Waals surface area contributed by atoms with Gasteiger partial charge in [-0.3, -0.25) is 9.59 Å². The van der Waals surface area contributed by atoms with Crippen LogP contribution in [0.1, 0.15) is 21.7 Å². The maximum absolute atomic E-state index is 12.5. The highest BCUT2D eigenvalue weighted by Gasteiger charge is 2.12. The Morgan fingerprint density at radius 1 is 1.09 bits per heavy atom. The Morgan fingerprint density at radius 2 is 1.94 bits per heavy atom. The highest BCUT2D eigenvalue weighted by molar-refractivity contribution is 6.07. The van der Waals surface area contributed by atoms with Crippen LogP contribution in [-0.4, -0.2) is 25.5 Å². The molecular formula is C25H24N2O5. The number of hydrogen-bond acceptors (Lipinski definition) is 5. The molecule has 164 valence electrons. The molecule has 0 saturated carbocycles. The minimum atomic E-state index is -0.373. The monoisotopic (exact) mass is 432 g/mol. The molecule has 0 radical (unpaired) electrons. The van der Waals surface area contributed by atoms with Crippen molar-refractivity contribution in [2.45, 2.75) is 6.54 Å². The fraction of sp³-hybridized carbons (Fsp3) is 0.120. The number of anilines is 1. The molecule has 2 amide bonds. The molecule has 2 aromatic carbocycles. The molecule has 1 heterocycles. The third-order valence-electron chi connectivity index (χ3n) is 4.40. The first-order chi connectivity index (χ1) is 15.6. The molecule has 2 N–H and O–H groups in total. The Hall–Kier alpha value is -4.26. The molecule has 1 aromatic heterocycles. The molecule has 3 rings (SSSR count). The number of carbonyl (C=O) groups is 2. The number of para-hydroxylation sites is 1. The quantitative estimate of drug-likeness (QED) is 0.365. The predicted octanol–water partition coefficient (Wildman–Crippen LogP) is 4.43. The molecule has 0 saturated heterocycles. The predicted molar refractivity (Wildman–Crippen MR) is 123 cm³/mol. The van der Waals surface area contributed by atoms with E-state index in [0.29, 0.717) is 35.1 Å². The highest BCUT2D eigenvalue weighted by Crippen LogP contribution is 2.28. The lowest BCUT2D eigenvalue weighted by atomic mass is 10.1. The van der Waals surface area contributed by atoms with E-state index in [0.717, 1.165) is 5.56 Å². The van der Waals surface area contributed by atoms with Gasteiger partial charge < -0.3 is 24.5 Å². The van der Waals surface area contributed by atoms with E-state index in [1.54, 1.807) is 80.1 Å². The zero-order valence-electron chi connectivity index (χ0n) is 17.7. The van der Waals surface area contributed by atoms with E-state index in [2.05, 4.69) is 17.2 Å². The minimum absolute atomic E-state index is 0.252. The van der Waals surface area contributed by atoms with E-state index < -0.39 is 0 Å². The van der Waals surface area contributed by atoms with Crippen molar-refractivity contribution >= 4 is 23.6 Å². The van der Waals surface area contributed by atoms with Crippen LogP contribution in [0.5, 0.6) is 11.5 Å². The highest BCUT2D eigenvalue weighted by atomic mass is 16.5. The molecule has 32 heavy (non-hydrogen) atoms. The van der Waals surface area contributed by atoms with Gasteiger partial charge in [0.05, 0.1) is 31.2 Å². The van der Waals surface area contributed by atoms with Crippen LogP contribution in [0, 0.1) is 0 Å². The number of ether oxygens (including phenoxy) is 2. The molecule has 0 aliphatic heterocycles. The zero-order valence-corrected chi connectivity index (χ0v) is 17.7. The van der Waals surface area contributed by atoms with Gasteiger partial charge >= 0.3 is 0 Å². The zero-order chi connectivity index (χ0) is 22.8. The van der Waals surface area contributed by atoms with Crippen molar-refractivity contribution in [2.75, 3.05) is 19.0 Å². The second kappa shape index (κ2) is 11.2. The minimum Gasteiger partial charge on any atom is -0.493 e. The van der Waals surface area contributed by atoms with Crippen molar-refractivity contribution in [1.82, 2.24) is 5.32 Å². The molecule has 3 aromatic rings. The Labute approximate surface area is 186 Å². The molecule has 0 spiro atoms. The van der Waals surface area contributed by atoms with Crippen LogP contribution in [0.25, 0.3) is 6.08 Å². The molecular weight excluding hydrogens is 408 g/mol. The number of amides is 2. The Morgan fingerprint density at radius 3 is 2.69 bits per heavy atom. The third-order valence-corrected chi connectivity index (χ3v) is 4.40. The number of furan rings is 1. The van der Waals surface area contributed by atoms with Gasteiger partial charge in [0.25, 0.3) is 5.91 Å². The van der Waals surface area contributed by atoms with Crippen molar-refractivity contribution in [3.05, 3.63) is 96.5 Å². The van der Waals surface area contributed by atoms with Crippen molar-refractivity contribution < 1.29 is 23.5 Å². The van der Waals surface area contributed by atoms with Gasteiger partial charge in [0, 0.05) is 6.08 Å². The third kappa shape index (κ3) is 6.12. The fourth-order valence-electron chi connectivity index (χ4n) is 2.87. The molecule has 0 fully saturated rings. The summed E-state index contributed by atoms with van der Waals surface area (Å²) in [5.41, 5.74) is 1.52. The van der Waals surface area contributed by atoms with E-state index in [-0.39, 0.29) is 18.4 Å². The SMILES string of the molecule is C=CCOc1ccc(/C=C/C(=O)Nc2ccccc2C(=O)NCc2ccco2)cc1OC. The summed E-state index contributed by atoms with van der Waals surface area (Å²) in [5.74, 6) is 1.08. The summed E-state index contributed by atoms with van der Waals surface area (Å²) in [4.78, 5) is 25.0. The maximum Gasteiger partial charge on any atom is 0.253 e. The first kappa shape index (κ1) is 22.4. The van der Waals surface area contributed by atoms with Crippen LogP contribution in [0.3, 0.4) is 0 Å². The van der Waals surface area contributed by atoms with E-state index in [9.17, 15) is 9.59 Å². The number of methoxy groups -OCH3 is 1. The van der Waals surface area contributed by atoms with Gasteiger partial charge in [0.1, 0.15) is 12.4 Å². The molecule has 0 aliphatic carbocycles. The van der Waals surface area contributed by atoms with Gasteiger partial charge in [0.2, 0.25) is 5.91 Å². The fourth-order valence-corrected chi connectivity index (χ4v) is 2.87. The van der Waals surface area contributed by atoms with E-state index in [4.69, 9.17) is 13.9 Å². The van der Waals surface area contributed by atoms with Crippen molar-refractivity contribution in [3.63, 3.8) is 0 Å². The van der Waals surface area contributed by atoms with Gasteiger partial charge in [-0.15, -0.1) is 0 Å². The summed E-state index contributed by atoms with van der Waals surface area (Å²) in [5, 5.41) is 5.52. The lowest BCUT2D eigenvalue weighted by molar-refractivity contribution is -0.111. The first-order valence-corrected chi connectivity index (χ1v) is 9.91. The summed E-state index contributed by atoms with van der Waals surface area (Å²) >= 11 is 0. The average Bonchev–Trinajstić information content (AvgIpc) is 3.34. The summed E-state index contributed by atoms with van der Waals surface area (Å²) in [7, 11) is 1.55. The molecule has 0 bridgehead atoms. The van der Waals surface area contributed by atoms with Crippen molar-refractivity contribution in [3.8, 4) is 11.5 Å². The van der Waals surface area contributed by atoms with E-state index >= 15 is 0 Å². The van der Waals surface area contributed by atoms with Crippen LogP contribution < -0.4 is 20.1 Å². The van der Waals surface area contributed by atoms with Gasteiger partial charge in [0.15, 0.2) is 11.5 Å². The number of rotatable bonds is 10. The smallest absolute Gasteiger partial charge is 0.253 e. The standard InChI is InChI=1S/C25H24N2O5/c1-3-14-32-22-12-10-18(16-23(22)30-2)11-13-24(28)27-21-9-5-4-8-20(21)25(29)26-17-19-7-6-15-31-19/h3-13,15-16H,1,14,17H2,2H3,(H,26,29)(H,27,28)/b13-11+. The first-order valence-electron chi connectivity index (χ1n) is 9.91. The second-order valence-corrected chi connectivity index (χ2v) is 6.64. The number of carbonyl (C=O) groups excluding carboxylic acids is 2. The van der Waals surface area contributed by atoms with Crippen molar-refractivity contribution in [1.29, 1.82) is 0 Å². The largest absolute Gasteiger partial charge is 0.493 e. The van der Waals surface area contributed by atoms with Gasteiger partial charge in [-0.2, -0.15) is 0 Å². The van der Waals surface area contributed by atoms with Gasteiger partial charge in [-0.05, 0) is 48.0 Å². The Balaban J connectivity index is 1.65. The lowest BCUT2D eigenvalue weighted by Gasteiger charge is -2.10. The summed E-state index contributed by atoms with van der Waals surface area (Å²) in [6.45, 7) is 4.24. The average molecular weight is 432 g/mol. The van der Waals surface area contributed by atoms with Crippen LogP contribution in [0.4, 0.5) is 5.69 Å². The number of benzene rings is 2. The summed E-state index contributed by atoms with van der Waals surface area (Å²) in [6, 6.07) is 15.6. The van der Waals surface area contributed by atoms with Gasteiger partial charge in [-0.25, -0.2) is 0 Å². The normalized spacial score (nSPS) is 10.5. The lowest BCUT2D eigenvalue weighted by Crippen LogP contribution is -2.24. The van der Waals surface area contributed by atoms with Crippen LogP contribution in [0.2, 0.25) is 0 Å². The second-order valence-electron chi connectivity index (χ2n) is 6.64. The van der Waals surface area contributed by atoms with E-state index in [1.807, 2.05) is 0 Å². The molecule has 0 aliphatic rings. The van der Waals surface area contributed by atoms with Crippen LogP contribution in [-0.2, 0) is 11.3 Å². The van der Waals surface area contributed by atoms with Gasteiger partial charge in [-0.1, -0.05) is 30.9 Å².